The molecule has 0 aliphatic heterocycles. The number of hydrogen-bond donors (Lipinski definition) is 1. The van der Waals surface area contributed by atoms with Crippen molar-refractivity contribution in [3.63, 3.8) is 0 Å². The lowest BCUT2D eigenvalue weighted by atomic mass is 9.86. The van der Waals surface area contributed by atoms with Gasteiger partial charge in [0.2, 0.25) is 0 Å². The van der Waals surface area contributed by atoms with E-state index in [0.717, 1.165) is 31.4 Å². The summed E-state index contributed by atoms with van der Waals surface area (Å²) in [5.74, 6) is -0.319. The van der Waals surface area contributed by atoms with Crippen LogP contribution in [0.5, 0.6) is 5.75 Å². The second-order valence-corrected chi connectivity index (χ2v) is 4.70. The van der Waals surface area contributed by atoms with Gasteiger partial charge in [-0.2, -0.15) is 0 Å². The Morgan fingerprint density at radius 2 is 1.88 bits per heavy atom. The number of aryl methyl sites for hydroxylation is 1. The highest BCUT2D eigenvalue weighted by Crippen LogP contribution is 2.28. The molecule has 0 spiro atoms. The number of aliphatic carboxylic acids is 1. The Balaban J connectivity index is 2.05. The van der Waals surface area contributed by atoms with E-state index in [1.807, 2.05) is 31.2 Å². The van der Waals surface area contributed by atoms with Crippen LogP contribution in [0.15, 0.2) is 24.3 Å². The van der Waals surface area contributed by atoms with E-state index < -0.39 is 5.97 Å². The summed E-state index contributed by atoms with van der Waals surface area (Å²) in [6, 6.07) is 7.77. The third-order valence-electron chi connectivity index (χ3n) is 3.33. The quantitative estimate of drug-likeness (QED) is 0.874. The Labute approximate surface area is 101 Å². The van der Waals surface area contributed by atoms with Crippen LogP contribution in [0.1, 0.15) is 31.2 Å². The zero-order valence-electron chi connectivity index (χ0n) is 10.1. The molecule has 1 saturated carbocycles. The molecule has 3 heteroatoms. The standard InChI is InChI=1S/C14H18O3/c1-10-6-8-11(9-7-10)17-13-5-3-2-4-12(13)14(15)16/h6-9,12-13H,2-5H2,1H3,(H,15,16). The molecule has 17 heavy (non-hydrogen) atoms. The van der Waals surface area contributed by atoms with E-state index in [1.54, 1.807) is 0 Å². The average molecular weight is 234 g/mol. The van der Waals surface area contributed by atoms with Crippen LogP contribution in [0.3, 0.4) is 0 Å². The summed E-state index contributed by atoms with van der Waals surface area (Å²) in [5.41, 5.74) is 1.18. The fourth-order valence-electron chi connectivity index (χ4n) is 2.31. The third-order valence-corrected chi connectivity index (χ3v) is 3.33. The summed E-state index contributed by atoms with van der Waals surface area (Å²) in [6.45, 7) is 2.02. The molecule has 92 valence electrons. The molecular formula is C14H18O3. The first-order chi connectivity index (χ1) is 8.16. The van der Waals surface area contributed by atoms with Crippen LogP contribution in [0.25, 0.3) is 0 Å². The van der Waals surface area contributed by atoms with Gasteiger partial charge in [-0.15, -0.1) is 0 Å². The highest BCUT2D eigenvalue weighted by Gasteiger charge is 2.32. The van der Waals surface area contributed by atoms with E-state index in [2.05, 4.69) is 0 Å². The number of ether oxygens (including phenoxy) is 1. The smallest absolute Gasteiger partial charge is 0.310 e. The van der Waals surface area contributed by atoms with Crippen LogP contribution in [0.2, 0.25) is 0 Å². The van der Waals surface area contributed by atoms with Crippen molar-refractivity contribution in [2.24, 2.45) is 5.92 Å². The molecule has 1 aromatic carbocycles. The van der Waals surface area contributed by atoms with Gasteiger partial charge in [-0.1, -0.05) is 24.1 Å². The van der Waals surface area contributed by atoms with Gasteiger partial charge >= 0.3 is 5.97 Å². The van der Waals surface area contributed by atoms with Crippen molar-refractivity contribution >= 4 is 5.97 Å². The van der Waals surface area contributed by atoms with Gasteiger partial charge in [-0.05, 0) is 38.3 Å². The molecule has 2 unspecified atom stereocenters. The Bertz CT molecular complexity index is 383. The van der Waals surface area contributed by atoms with E-state index in [9.17, 15) is 4.79 Å². The second kappa shape index (κ2) is 5.21. The Hall–Kier alpha value is -1.51. The molecule has 0 radical (unpaired) electrons. The van der Waals surface area contributed by atoms with E-state index >= 15 is 0 Å². The minimum absolute atomic E-state index is 0.177. The molecule has 0 amide bonds. The lowest BCUT2D eigenvalue weighted by molar-refractivity contribution is -0.146. The third kappa shape index (κ3) is 2.99. The van der Waals surface area contributed by atoms with Crippen molar-refractivity contribution in [2.45, 2.75) is 38.7 Å². The van der Waals surface area contributed by atoms with Gasteiger partial charge in [-0.3, -0.25) is 4.79 Å². The van der Waals surface area contributed by atoms with E-state index in [0.29, 0.717) is 0 Å². The minimum atomic E-state index is -0.734. The average Bonchev–Trinajstić information content (AvgIpc) is 2.32. The van der Waals surface area contributed by atoms with Crippen LogP contribution in [-0.4, -0.2) is 17.2 Å². The van der Waals surface area contributed by atoms with Crippen LogP contribution in [0.4, 0.5) is 0 Å². The molecule has 1 fully saturated rings. The van der Waals surface area contributed by atoms with Gasteiger partial charge < -0.3 is 9.84 Å². The Morgan fingerprint density at radius 3 is 2.53 bits per heavy atom. The highest BCUT2D eigenvalue weighted by atomic mass is 16.5. The summed E-state index contributed by atoms with van der Waals surface area (Å²) in [4.78, 5) is 11.1. The molecule has 1 aliphatic carbocycles. The Morgan fingerprint density at radius 1 is 1.24 bits per heavy atom. The zero-order valence-corrected chi connectivity index (χ0v) is 10.1. The van der Waals surface area contributed by atoms with Crippen molar-refractivity contribution in [1.82, 2.24) is 0 Å². The van der Waals surface area contributed by atoms with Gasteiger partial charge in [-0.25, -0.2) is 0 Å². The SMILES string of the molecule is Cc1ccc(OC2CCCCC2C(=O)O)cc1. The first kappa shape index (κ1) is 12.0. The number of carboxylic acid groups (broad SMARTS) is 1. The molecular weight excluding hydrogens is 216 g/mol. The number of carbonyl (C=O) groups is 1. The van der Waals surface area contributed by atoms with Gasteiger partial charge in [0.1, 0.15) is 11.9 Å². The summed E-state index contributed by atoms with van der Waals surface area (Å²) < 4.78 is 5.80. The zero-order chi connectivity index (χ0) is 12.3. The fraction of sp³-hybridized carbons (Fsp3) is 0.500. The van der Waals surface area contributed by atoms with E-state index in [-0.39, 0.29) is 12.0 Å². The van der Waals surface area contributed by atoms with Gasteiger partial charge in [0.05, 0.1) is 5.92 Å². The van der Waals surface area contributed by atoms with Crippen molar-refractivity contribution < 1.29 is 14.6 Å². The fourth-order valence-corrected chi connectivity index (χ4v) is 2.31. The van der Waals surface area contributed by atoms with E-state index in [1.165, 1.54) is 5.56 Å². The van der Waals surface area contributed by atoms with Gasteiger partial charge in [0.25, 0.3) is 0 Å². The number of benzene rings is 1. The van der Waals surface area contributed by atoms with Crippen LogP contribution in [0, 0.1) is 12.8 Å². The molecule has 3 nitrogen and oxygen atoms in total. The topological polar surface area (TPSA) is 46.5 Å². The predicted molar refractivity (Wildman–Crippen MR) is 65.2 cm³/mol. The molecule has 0 aromatic heterocycles. The number of carboxylic acids is 1. The van der Waals surface area contributed by atoms with Crippen molar-refractivity contribution in [3.05, 3.63) is 29.8 Å². The van der Waals surface area contributed by atoms with Gasteiger partial charge in [0.15, 0.2) is 0 Å². The molecule has 1 aliphatic rings. The monoisotopic (exact) mass is 234 g/mol. The maximum absolute atomic E-state index is 11.1. The van der Waals surface area contributed by atoms with Crippen molar-refractivity contribution in [2.75, 3.05) is 0 Å². The summed E-state index contributed by atoms with van der Waals surface area (Å²) >= 11 is 0. The first-order valence-electron chi connectivity index (χ1n) is 6.13. The molecule has 2 atom stereocenters. The number of rotatable bonds is 3. The van der Waals surface area contributed by atoms with Crippen LogP contribution in [-0.2, 0) is 4.79 Å². The summed E-state index contributed by atoms with van der Waals surface area (Å²) in [6.07, 6.45) is 3.44. The second-order valence-electron chi connectivity index (χ2n) is 4.70. The van der Waals surface area contributed by atoms with E-state index in [4.69, 9.17) is 9.84 Å². The minimum Gasteiger partial charge on any atom is -0.490 e. The molecule has 0 bridgehead atoms. The van der Waals surface area contributed by atoms with Crippen LogP contribution < -0.4 is 4.74 Å². The molecule has 2 rings (SSSR count). The van der Waals surface area contributed by atoms with Crippen LogP contribution >= 0.6 is 0 Å². The molecule has 0 heterocycles. The molecule has 1 N–H and O–H groups in total. The number of hydrogen-bond acceptors (Lipinski definition) is 2. The maximum atomic E-state index is 11.1. The summed E-state index contributed by atoms with van der Waals surface area (Å²) in [5, 5.41) is 9.15. The van der Waals surface area contributed by atoms with Crippen molar-refractivity contribution in [1.29, 1.82) is 0 Å². The lowest BCUT2D eigenvalue weighted by Crippen LogP contribution is -2.35. The van der Waals surface area contributed by atoms with Crippen molar-refractivity contribution in [3.8, 4) is 5.75 Å². The highest BCUT2D eigenvalue weighted by molar-refractivity contribution is 5.70. The molecule has 1 aromatic rings. The normalized spacial score (nSPS) is 24.3. The Kier molecular flexibility index (Phi) is 3.67. The largest absolute Gasteiger partial charge is 0.490 e. The maximum Gasteiger partial charge on any atom is 0.310 e. The first-order valence-corrected chi connectivity index (χ1v) is 6.13. The predicted octanol–water partition coefficient (Wildman–Crippen LogP) is 3.02. The van der Waals surface area contributed by atoms with Gasteiger partial charge in [0, 0.05) is 0 Å². The molecule has 0 saturated heterocycles. The summed E-state index contributed by atoms with van der Waals surface area (Å²) in [7, 11) is 0. The lowest BCUT2D eigenvalue weighted by Gasteiger charge is -2.29.